The first-order valence-corrected chi connectivity index (χ1v) is 11.8. The number of carbonyl (C=O) groups excluding carboxylic acids is 1. The second-order valence-corrected chi connectivity index (χ2v) is 8.81. The molecule has 0 atom stereocenters. The number of fused-ring (bicyclic) bond motifs is 2. The van der Waals surface area contributed by atoms with Crippen molar-refractivity contribution in [1.82, 2.24) is 19.4 Å². The summed E-state index contributed by atoms with van der Waals surface area (Å²) < 4.78 is 9.36. The van der Waals surface area contributed by atoms with Crippen molar-refractivity contribution in [2.45, 2.75) is 0 Å². The van der Waals surface area contributed by atoms with E-state index in [-0.39, 0.29) is 5.91 Å². The van der Waals surface area contributed by atoms with Crippen LogP contribution in [-0.2, 0) is 11.8 Å². The maximum Gasteiger partial charge on any atom is 0.250 e. The lowest BCUT2D eigenvalue weighted by Gasteiger charge is -2.29. The van der Waals surface area contributed by atoms with Gasteiger partial charge in [0, 0.05) is 36.1 Å². The Labute approximate surface area is 213 Å². The number of benzene rings is 2. The van der Waals surface area contributed by atoms with E-state index < -0.39 is 0 Å². The SMILES string of the molecule is C=CC(=O)N1CCOc2cc(-c3ccc(-c4cc(-c5cnn(C)c5)cn5ncc(C#N)c45)cc3)ccc21. The van der Waals surface area contributed by atoms with E-state index in [0.29, 0.717) is 24.5 Å². The van der Waals surface area contributed by atoms with E-state index >= 15 is 0 Å². The summed E-state index contributed by atoms with van der Waals surface area (Å²) >= 11 is 0. The van der Waals surface area contributed by atoms with Crippen molar-refractivity contribution < 1.29 is 9.53 Å². The molecule has 0 radical (unpaired) electrons. The van der Waals surface area contributed by atoms with Gasteiger partial charge in [0.05, 0.1) is 35.7 Å². The molecular weight excluding hydrogens is 464 g/mol. The lowest BCUT2D eigenvalue weighted by molar-refractivity contribution is -0.114. The van der Waals surface area contributed by atoms with Gasteiger partial charge in [0.15, 0.2) is 0 Å². The molecule has 0 spiro atoms. The Morgan fingerprint density at radius 2 is 1.78 bits per heavy atom. The fraction of sp³-hybridized carbons (Fsp3) is 0.103. The molecule has 2 aromatic carbocycles. The molecule has 180 valence electrons. The summed E-state index contributed by atoms with van der Waals surface area (Å²) in [5.41, 5.74) is 7.82. The predicted octanol–water partition coefficient (Wildman–Crippen LogP) is 4.85. The fourth-order valence-corrected chi connectivity index (χ4v) is 4.73. The summed E-state index contributed by atoms with van der Waals surface area (Å²) in [6.45, 7) is 4.53. The Kier molecular flexibility index (Phi) is 5.31. The smallest absolute Gasteiger partial charge is 0.250 e. The molecule has 0 saturated carbocycles. The molecule has 4 heterocycles. The van der Waals surface area contributed by atoms with Gasteiger partial charge in [-0.15, -0.1) is 0 Å². The van der Waals surface area contributed by atoms with E-state index in [0.717, 1.165) is 44.6 Å². The molecule has 0 saturated heterocycles. The molecule has 3 aromatic heterocycles. The van der Waals surface area contributed by atoms with Crippen LogP contribution >= 0.6 is 0 Å². The highest BCUT2D eigenvalue weighted by atomic mass is 16.5. The van der Waals surface area contributed by atoms with E-state index in [1.807, 2.05) is 68.1 Å². The van der Waals surface area contributed by atoms with Gasteiger partial charge in [-0.25, -0.2) is 4.52 Å². The average Bonchev–Trinajstić information content (AvgIpc) is 3.57. The van der Waals surface area contributed by atoms with Crippen LogP contribution in [0, 0.1) is 11.3 Å². The molecular formula is C29H22N6O2. The maximum atomic E-state index is 12.2. The predicted molar refractivity (Wildman–Crippen MR) is 141 cm³/mol. The number of anilines is 1. The second-order valence-electron chi connectivity index (χ2n) is 8.81. The minimum atomic E-state index is -0.141. The Hall–Kier alpha value is -5.16. The van der Waals surface area contributed by atoms with Crippen LogP contribution in [0.4, 0.5) is 5.69 Å². The van der Waals surface area contributed by atoms with Crippen LogP contribution in [-0.4, -0.2) is 38.5 Å². The first-order chi connectivity index (χ1) is 18.1. The summed E-state index contributed by atoms with van der Waals surface area (Å²) in [6.07, 6.45) is 8.59. The molecule has 0 unspecified atom stereocenters. The number of aryl methyl sites for hydroxylation is 1. The maximum absolute atomic E-state index is 12.2. The van der Waals surface area contributed by atoms with Crippen molar-refractivity contribution in [1.29, 1.82) is 5.26 Å². The van der Waals surface area contributed by atoms with E-state index in [9.17, 15) is 10.1 Å². The van der Waals surface area contributed by atoms with Crippen molar-refractivity contribution in [3.8, 4) is 45.2 Å². The van der Waals surface area contributed by atoms with Crippen LogP contribution in [0.2, 0.25) is 0 Å². The van der Waals surface area contributed by atoms with Gasteiger partial charge in [-0.3, -0.25) is 9.48 Å². The molecule has 5 aromatic rings. The third kappa shape index (κ3) is 3.83. The topological polar surface area (TPSA) is 88.5 Å². The molecule has 0 fully saturated rings. The molecule has 8 heteroatoms. The highest BCUT2D eigenvalue weighted by Crippen LogP contribution is 2.37. The molecule has 6 rings (SSSR count). The number of pyridine rings is 1. The van der Waals surface area contributed by atoms with Crippen LogP contribution in [0.3, 0.4) is 0 Å². The number of carbonyl (C=O) groups is 1. The third-order valence-corrected chi connectivity index (χ3v) is 6.56. The normalized spacial score (nSPS) is 12.6. The zero-order chi connectivity index (χ0) is 25.5. The van der Waals surface area contributed by atoms with Crippen LogP contribution in [0.5, 0.6) is 5.75 Å². The van der Waals surface area contributed by atoms with E-state index in [1.54, 1.807) is 20.3 Å². The first-order valence-electron chi connectivity index (χ1n) is 11.8. The van der Waals surface area contributed by atoms with Crippen molar-refractivity contribution in [2.24, 2.45) is 7.05 Å². The zero-order valence-electron chi connectivity index (χ0n) is 20.1. The quantitative estimate of drug-likeness (QED) is 0.339. The monoisotopic (exact) mass is 486 g/mol. The third-order valence-electron chi connectivity index (χ3n) is 6.56. The van der Waals surface area contributed by atoms with Crippen molar-refractivity contribution in [3.05, 3.63) is 91.5 Å². The molecule has 1 aliphatic heterocycles. The Balaban J connectivity index is 1.40. The highest BCUT2D eigenvalue weighted by Gasteiger charge is 2.22. The summed E-state index contributed by atoms with van der Waals surface area (Å²) in [4.78, 5) is 13.9. The molecule has 0 aliphatic carbocycles. The molecule has 0 bridgehead atoms. The number of aromatic nitrogens is 4. The molecule has 37 heavy (non-hydrogen) atoms. The van der Waals surface area contributed by atoms with Crippen molar-refractivity contribution >= 4 is 17.1 Å². The van der Waals surface area contributed by atoms with Gasteiger partial charge in [-0.1, -0.05) is 36.9 Å². The lowest BCUT2D eigenvalue weighted by atomic mass is 9.97. The van der Waals surface area contributed by atoms with E-state index in [4.69, 9.17) is 4.74 Å². The summed E-state index contributed by atoms with van der Waals surface area (Å²) in [5.74, 6) is 0.532. The number of ether oxygens (including phenoxy) is 1. The van der Waals surface area contributed by atoms with Crippen LogP contribution in [0.1, 0.15) is 5.56 Å². The summed E-state index contributed by atoms with van der Waals surface area (Å²) in [7, 11) is 1.88. The minimum Gasteiger partial charge on any atom is -0.490 e. The van der Waals surface area contributed by atoms with Gasteiger partial charge in [0.25, 0.3) is 5.91 Å². The van der Waals surface area contributed by atoms with Crippen molar-refractivity contribution in [3.63, 3.8) is 0 Å². The van der Waals surface area contributed by atoms with Crippen LogP contribution in [0.25, 0.3) is 38.9 Å². The van der Waals surface area contributed by atoms with E-state index in [1.165, 1.54) is 6.08 Å². The molecule has 1 amide bonds. The number of hydrogen-bond acceptors (Lipinski definition) is 5. The van der Waals surface area contributed by atoms with Gasteiger partial charge < -0.3 is 9.64 Å². The molecule has 8 nitrogen and oxygen atoms in total. The van der Waals surface area contributed by atoms with E-state index in [2.05, 4.69) is 28.9 Å². The Morgan fingerprint density at radius 1 is 1.00 bits per heavy atom. The standard InChI is InChI=1S/C29H22N6O2/c1-3-28(36)34-10-11-37-27-13-21(8-9-26(27)34)19-4-6-20(7-5-19)25-12-22(24-16-31-33(2)17-24)18-35-29(25)23(14-30)15-32-35/h3-9,12-13,15-18H,1,10-11H2,2H3. The van der Waals surface area contributed by atoms with Crippen LogP contribution < -0.4 is 9.64 Å². The van der Waals surface area contributed by atoms with Crippen molar-refractivity contribution in [2.75, 3.05) is 18.1 Å². The van der Waals surface area contributed by atoms with Gasteiger partial charge >= 0.3 is 0 Å². The summed E-state index contributed by atoms with van der Waals surface area (Å²) in [6, 6.07) is 18.3. The number of nitrogens with zero attached hydrogens (tertiary/aromatic N) is 6. The fourth-order valence-electron chi connectivity index (χ4n) is 4.73. The average molecular weight is 487 g/mol. The number of amides is 1. The lowest BCUT2D eigenvalue weighted by Crippen LogP contribution is -2.36. The Bertz CT molecular complexity index is 1720. The molecule has 0 N–H and O–H groups in total. The second kappa shape index (κ2) is 8.81. The summed E-state index contributed by atoms with van der Waals surface area (Å²) in [5, 5.41) is 18.4. The minimum absolute atomic E-state index is 0.141. The van der Waals surface area contributed by atoms with Gasteiger partial charge in [-0.05, 0) is 41.0 Å². The van der Waals surface area contributed by atoms with Crippen LogP contribution in [0.15, 0.2) is 86.0 Å². The zero-order valence-corrected chi connectivity index (χ0v) is 20.1. The molecule has 1 aliphatic rings. The van der Waals surface area contributed by atoms with Gasteiger partial charge in [0.2, 0.25) is 0 Å². The van der Waals surface area contributed by atoms with Gasteiger partial charge in [0.1, 0.15) is 18.4 Å². The number of hydrogen-bond donors (Lipinski definition) is 0. The Morgan fingerprint density at radius 3 is 2.51 bits per heavy atom. The largest absolute Gasteiger partial charge is 0.490 e. The highest BCUT2D eigenvalue weighted by molar-refractivity contribution is 6.02. The van der Waals surface area contributed by atoms with Gasteiger partial charge in [-0.2, -0.15) is 15.5 Å². The number of rotatable bonds is 4. The number of nitriles is 1. The first kappa shape index (κ1) is 22.3.